The van der Waals surface area contributed by atoms with Gasteiger partial charge in [0, 0.05) is 31.4 Å². The number of carbonyl (C=O) groups excluding carboxylic acids is 1. The molecule has 0 saturated carbocycles. The number of ether oxygens (including phenoxy) is 3. The summed E-state index contributed by atoms with van der Waals surface area (Å²) in [6.45, 7) is 5.50. The van der Waals surface area contributed by atoms with Crippen LogP contribution in [0.15, 0.2) is 48.8 Å². The summed E-state index contributed by atoms with van der Waals surface area (Å²) in [4.78, 5) is 16.7. The molecule has 30 heavy (non-hydrogen) atoms. The van der Waals surface area contributed by atoms with Crippen molar-refractivity contribution >= 4 is 17.6 Å². The summed E-state index contributed by atoms with van der Waals surface area (Å²) in [5.41, 5.74) is 2.53. The normalized spacial score (nSPS) is 11.0. The second-order valence-corrected chi connectivity index (χ2v) is 6.49. The standard InChI is InChI=1S/C23H27N3O4/c1-4-29-19-10-8-17(15-21(19)28-3)9-11-22(27)24-13-12-18-16-26-14-6-7-20(30-5-2)23(26)25-18/h6-11,14-16H,4-5,12-13H2,1-3H3,(H,24,27)/b11-9+. The van der Waals surface area contributed by atoms with Gasteiger partial charge in [-0.05, 0) is 49.8 Å². The van der Waals surface area contributed by atoms with Crippen LogP contribution in [0.2, 0.25) is 0 Å². The molecule has 0 aliphatic heterocycles. The minimum absolute atomic E-state index is 0.165. The van der Waals surface area contributed by atoms with E-state index in [1.165, 1.54) is 6.08 Å². The highest BCUT2D eigenvalue weighted by Crippen LogP contribution is 2.28. The third kappa shape index (κ3) is 5.31. The summed E-state index contributed by atoms with van der Waals surface area (Å²) < 4.78 is 18.4. The summed E-state index contributed by atoms with van der Waals surface area (Å²) in [5, 5.41) is 2.88. The van der Waals surface area contributed by atoms with Crippen LogP contribution in [0.5, 0.6) is 17.2 Å². The number of pyridine rings is 1. The van der Waals surface area contributed by atoms with E-state index in [1.54, 1.807) is 13.2 Å². The summed E-state index contributed by atoms with van der Waals surface area (Å²) in [7, 11) is 1.59. The minimum atomic E-state index is -0.165. The quantitative estimate of drug-likeness (QED) is 0.519. The topological polar surface area (TPSA) is 74.1 Å². The van der Waals surface area contributed by atoms with Crippen LogP contribution in [-0.4, -0.2) is 42.2 Å². The SMILES string of the molecule is CCOc1ccc(/C=C/C(=O)NCCc2cn3cccc(OCC)c3n2)cc1OC. The third-order valence-electron chi connectivity index (χ3n) is 4.39. The minimum Gasteiger partial charge on any atom is -0.493 e. The molecule has 1 N–H and O–H groups in total. The molecule has 2 heterocycles. The average Bonchev–Trinajstić information content (AvgIpc) is 3.17. The van der Waals surface area contributed by atoms with Gasteiger partial charge < -0.3 is 23.9 Å². The van der Waals surface area contributed by atoms with E-state index in [0.717, 1.165) is 22.7 Å². The van der Waals surface area contributed by atoms with E-state index >= 15 is 0 Å². The van der Waals surface area contributed by atoms with E-state index < -0.39 is 0 Å². The number of hydrogen-bond donors (Lipinski definition) is 1. The van der Waals surface area contributed by atoms with Gasteiger partial charge in [-0.2, -0.15) is 0 Å². The van der Waals surface area contributed by atoms with Gasteiger partial charge in [-0.25, -0.2) is 4.98 Å². The molecule has 0 atom stereocenters. The molecule has 3 aromatic rings. The monoisotopic (exact) mass is 409 g/mol. The van der Waals surface area contributed by atoms with Crippen molar-refractivity contribution in [3.8, 4) is 17.2 Å². The Balaban J connectivity index is 1.55. The molecule has 0 bridgehead atoms. The lowest BCUT2D eigenvalue weighted by molar-refractivity contribution is -0.116. The van der Waals surface area contributed by atoms with Crippen molar-refractivity contribution < 1.29 is 19.0 Å². The maximum absolute atomic E-state index is 12.1. The second kappa shape index (κ2) is 10.3. The number of imidazole rings is 1. The van der Waals surface area contributed by atoms with Crippen LogP contribution in [0, 0.1) is 0 Å². The average molecular weight is 409 g/mol. The van der Waals surface area contributed by atoms with Crippen LogP contribution in [0.4, 0.5) is 0 Å². The molecule has 0 fully saturated rings. The number of nitrogens with zero attached hydrogens (tertiary/aromatic N) is 2. The number of benzene rings is 1. The van der Waals surface area contributed by atoms with Gasteiger partial charge in [0.25, 0.3) is 0 Å². The van der Waals surface area contributed by atoms with Gasteiger partial charge in [0.1, 0.15) is 0 Å². The summed E-state index contributed by atoms with van der Waals surface area (Å²) in [5.74, 6) is 1.91. The van der Waals surface area contributed by atoms with Gasteiger partial charge in [-0.15, -0.1) is 0 Å². The smallest absolute Gasteiger partial charge is 0.244 e. The first kappa shape index (κ1) is 21.2. The van der Waals surface area contributed by atoms with Crippen molar-refractivity contribution in [3.05, 3.63) is 60.1 Å². The second-order valence-electron chi connectivity index (χ2n) is 6.49. The molecule has 0 saturated heterocycles. The van der Waals surface area contributed by atoms with Crippen LogP contribution in [-0.2, 0) is 11.2 Å². The van der Waals surface area contributed by atoms with E-state index in [-0.39, 0.29) is 5.91 Å². The van der Waals surface area contributed by atoms with Gasteiger partial charge >= 0.3 is 0 Å². The van der Waals surface area contributed by atoms with Crippen LogP contribution in [0.1, 0.15) is 25.1 Å². The zero-order valence-electron chi connectivity index (χ0n) is 17.6. The molecule has 0 unspecified atom stereocenters. The van der Waals surface area contributed by atoms with Crippen LogP contribution in [0.25, 0.3) is 11.7 Å². The molecule has 0 radical (unpaired) electrons. The molecule has 7 heteroatoms. The highest BCUT2D eigenvalue weighted by atomic mass is 16.5. The number of carbonyl (C=O) groups is 1. The Labute approximate surface area is 176 Å². The highest BCUT2D eigenvalue weighted by Gasteiger charge is 2.08. The molecule has 0 aliphatic carbocycles. The van der Waals surface area contributed by atoms with Crippen molar-refractivity contribution in [1.29, 1.82) is 0 Å². The Morgan fingerprint density at radius 1 is 1.13 bits per heavy atom. The predicted octanol–water partition coefficient (Wildman–Crippen LogP) is 3.51. The van der Waals surface area contributed by atoms with E-state index in [9.17, 15) is 4.79 Å². The first-order valence-corrected chi connectivity index (χ1v) is 10.0. The van der Waals surface area contributed by atoms with E-state index in [0.29, 0.717) is 37.7 Å². The Kier molecular flexibility index (Phi) is 7.32. The number of rotatable bonds is 10. The lowest BCUT2D eigenvalue weighted by Gasteiger charge is -2.09. The van der Waals surface area contributed by atoms with Crippen molar-refractivity contribution in [3.63, 3.8) is 0 Å². The van der Waals surface area contributed by atoms with Gasteiger partial charge in [0.05, 0.1) is 26.0 Å². The molecular weight excluding hydrogens is 382 g/mol. The number of methoxy groups -OCH3 is 1. The molecule has 0 aliphatic rings. The highest BCUT2D eigenvalue weighted by molar-refractivity contribution is 5.91. The number of fused-ring (bicyclic) bond motifs is 1. The number of amides is 1. The number of nitrogens with one attached hydrogen (secondary N) is 1. The lowest BCUT2D eigenvalue weighted by atomic mass is 10.2. The first-order chi connectivity index (χ1) is 14.6. The zero-order valence-corrected chi connectivity index (χ0v) is 17.6. The van der Waals surface area contributed by atoms with Crippen LogP contribution < -0.4 is 19.5 Å². The lowest BCUT2D eigenvalue weighted by Crippen LogP contribution is -2.23. The predicted molar refractivity (Wildman–Crippen MR) is 116 cm³/mol. The largest absolute Gasteiger partial charge is 0.493 e. The van der Waals surface area contributed by atoms with Gasteiger partial charge in [-0.3, -0.25) is 4.79 Å². The maximum atomic E-state index is 12.1. The van der Waals surface area contributed by atoms with Gasteiger partial charge in [0.15, 0.2) is 22.9 Å². The Bertz CT molecular complexity index is 1030. The Morgan fingerprint density at radius 2 is 1.93 bits per heavy atom. The zero-order chi connectivity index (χ0) is 21.3. The molecule has 0 spiro atoms. The molecule has 2 aromatic heterocycles. The summed E-state index contributed by atoms with van der Waals surface area (Å²) in [6.07, 6.45) is 7.76. The number of aromatic nitrogens is 2. The molecular formula is C23H27N3O4. The maximum Gasteiger partial charge on any atom is 0.244 e. The van der Waals surface area contributed by atoms with Gasteiger partial charge in [0.2, 0.25) is 5.91 Å². The fourth-order valence-corrected chi connectivity index (χ4v) is 3.03. The molecule has 7 nitrogen and oxygen atoms in total. The van der Waals surface area contributed by atoms with Crippen molar-refractivity contribution in [2.75, 3.05) is 26.9 Å². The van der Waals surface area contributed by atoms with Crippen molar-refractivity contribution in [1.82, 2.24) is 14.7 Å². The summed E-state index contributed by atoms with van der Waals surface area (Å²) in [6, 6.07) is 9.37. The molecule has 158 valence electrons. The summed E-state index contributed by atoms with van der Waals surface area (Å²) >= 11 is 0. The Hall–Kier alpha value is -3.48. The first-order valence-electron chi connectivity index (χ1n) is 10.0. The van der Waals surface area contributed by atoms with Crippen molar-refractivity contribution in [2.24, 2.45) is 0 Å². The fraction of sp³-hybridized carbons (Fsp3) is 0.304. The van der Waals surface area contributed by atoms with Crippen LogP contribution in [0.3, 0.4) is 0 Å². The van der Waals surface area contributed by atoms with E-state index in [4.69, 9.17) is 14.2 Å². The van der Waals surface area contributed by atoms with Crippen LogP contribution >= 0.6 is 0 Å². The third-order valence-corrected chi connectivity index (χ3v) is 4.39. The Morgan fingerprint density at radius 3 is 2.70 bits per heavy atom. The van der Waals surface area contributed by atoms with E-state index in [2.05, 4.69) is 10.3 Å². The molecule has 1 aromatic carbocycles. The molecule has 3 rings (SSSR count). The van der Waals surface area contributed by atoms with Crippen molar-refractivity contribution in [2.45, 2.75) is 20.3 Å². The molecule has 1 amide bonds. The van der Waals surface area contributed by atoms with Gasteiger partial charge in [-0.1, -0.05) is 6.07 Å². The van der Waals surface area contributed by atoms with E-state index in [1.807, 2.05) is 61.0 Å². The number of hydrogen-bond acceptors (Lipinski definition) is 5. The fourth-order valence-electron chi connectivity index (χ4n) is 3.03.